The van der Waals surface area contributed by atoms with Crippen molar-refractivity contribution in [2.75, 3.05) is 14.2 Å². The summed E-state index contributed by atoms with van der Waals surface area (Å²) in [5.74, 6) is -0.520. The molecule has 0 bridgehead atoms. The van der Waals surface area contributed by atoms with Gasteiger partial charge in [0.2, 0.25) is 0 Å². The lowest BCUT2D eigenvalue weighted by Gasteiger charge is -2.14. The third kappa shape index (κ3) is 3.05. The summed E-state index contributed by atoms with van der Waals surface area (Å²) in [6.45, 7) is 0. The average Bonchev–Trinajstić information content (AvgIpc) is 2.44. The summed E-state index contributed by atoms with van der Waals surface area (Å²) in [7, 11) is 2.96. The highest BCUT2D eigenvalue weighted by atomic mass is 19.1. The van der Waals surface area contributed by atoms with Gasteiger partial charge in [0, 0.05) is 12.1 Å². The second kappa shape index (κ2) is 5.88. The van der Waals surface area contributed by atoms with Gasteiger partial charge in [-0.1, -0.05) is 0 Å². The third-order valence-corrected chi connectivity index (χ3v) is 2.89. The Balaban J connectivity index is 2.43. The summed E-state index contributed by atoms with van der Waals surface area (Å²) in [5, 5.41) is 10.2. The number of hydrogen-bond donors (Lipinski definition) is 1. The fourth-order valence-electron chi connectivity index (χ4n) is 1.91. The van der Waals surface area contributed by atoms with Crippen LogP contribution in [0, 0.1) is 11.6 Å². The molecular formula is C15H14F2O3. The number of hydrogen-bond acceptors (Lipinski definition) is 3. The van der Waals surface area contributed by atoms with Crippen LogP contribution in [0.2, 0.25) is 0 Å². The van der Waals surface area contributed by atoms with E-state index in [9.17, 15) is 13.9 Å². The summed E-state index contributed by atoms with van der Waals surface area (Å²) in [5.41, 5.74) is 0.545. The van der Waals surface area contributed by atoms with Gasteiger partial charge in [0.25, 0.3) is 0 Å². The Kier molecular flexibility index (Phi) is 4.20. The van der Waals surface area contributed by atoms with E-state index in [1.807, 2.05) is 0 Å². The molecule has 0 saturated heterocycles. The Morgan fingerprint density at radius 3 is 1.70 bits per heavy atom. The molecule has 0 radical (unpaired) electrons. The standard InChI is InChI=1S/C15H14F2O3/c1-19-13-5-10(6-14(8-13)20-2)15(18)9-3-11(16)7-12(17)4-9/h3-8,15,18H,1-2H3. The average molecular weight is 280 g/mol. The van der Waals surface area contributed by atoms with Crippen molar-refractivity contribution in [1.29, 1.82) is 0 Å². The van der Waals surface area contributed by atoms with E-state index in [0.717, 1.165) is 18.2 Å². The second-order valence-electron chi connectivity index (χ2n) is 4.25. The SMILES string of the molecule is COc1cc(OC)cc(C(O)c2cc(F)cc(F)c2)c1. The molecule has 1 atom stereocenters. The summed E-state index contributed by atoms with van der Waals surface area (Å²) in [4.78, 5) is 0. The molecule has 2 aromatic rings. The highest BCUT2D eigenvalue weighted by molar-refractivity contribution is 5.42. The first-order valence-electron chi connectivity index (χ1n) is 5.90. The minimum atomic E-state index is -1.18. The Hall–Kier alpha value is -2.14. The number of halogens is 2. The summed E-state index contributed by atoms with van der Waals surface area (Å²) >= 11 is 0. The molecule has 0 aliphatic rings. The first kappa shape index (κ1) is 14.3. The molecule has 0 spiro atoms. The number of rotatable bonds is 4. The van der Waals surface area contributed by atoms with Crippen LogP contribution in [0.5, 0.6) is 11.5 Å². The van der Waals surface area contributed by atoms with Crippen LogP contribution in [0.1, 0.15) is 17.2 Å². The largest absolute Gasteiger partial charge is 0.497 e. The van der Waals surface area contributed by atoms with Gasteiger partial charge in [-0.05, 0) is 35.4 Å². The zero-order chi connectivity index (χ0) is 14.7. The van der Waals surface area contributed by atoms with Crippen molar-refractivity contribution < 1.29 is 23.4 Å². The molecule has 0 saturated carbocycles. The molecule has 1 unspecified atom stereocenters. The van der Waals surface area contributed by atoms with Gasteiger partial charge in [0.15, 0.2) is 0 Å². The van der Waals surface area contributed by atoms with E-state index in [2.05, 4.69) is 0 Å². The van der Waals surface area contributed by atoms with Crippen LogP contribution in [-0.2, 0) is 0 Å². The first-order valence-corrected chi connectivity index (χ1v) is 5.90. The van der Waals surface area contributed by atoms with Crippen LogP contribution in [-0.4, -0.2) is 19.3 Å². The molecule has 106 valence electrons. The minimum Gasteiger partial charge on any atom is -0.497 e. The van der Waals surface area contributed by atoms with Gasteiger partial charge < -0.3 is 14.6 Å². The molecule has 0 heterocycles. The lowest BCUT2D eigenvalue weighted by Crippen LogP contribution is -2.02. The van der Waals surface area contributed by atoms with Crippen molar-refractivity contribution in [3.63, 3.8) is 0 Å². The van der Waals surface area contributed by atoms with Gasteiger partial charge in [-0.2, -0.15) is 0 Å². The van der Waals surface area contributed by atoms with E-state index in [1.165, 1.54) is 14.2 Å². The third-order valence-electron chi connectivity index (χ3n) is 2.89. The molecule has 0 aliphatic carbocycles. The van der Waals surface area contributed by atoms with Crippen LogP contribution < -0.4 is 9.47 Å². The summed E-state index contributed by atoms with van der Waals surface area (Å²) in [6, 6.07) is 7.72. The lowest BCUT2D eigenvalue weighted by atomic mass is 10.0. The molecule has 2 aromatic carbocycles. The van der Waals surface area contributed by atoms with Gasteiger partial charge in [0.1, 0.15) is 29.2 Å². The molecule has 0 amide bonds. The van der Waals surface area contributed by atoms with E-state index in [4.69, 9.17) is 9.47 Å². The van der Waals surface area contributed by atoms with Crippen LogP contribution in [0.25, 0.3) is 0 Å². The predicted octanol–water partition coefficient (Wildman–Crippen LogP) is 3.06. The van der Waals surface area contributed by atoms with E-state index in [1.54, 1.807) is 18.2 Å². The number of aliphatic hydroxyl groups is 1. The highest BCUT2D eigenvalue weighted by Crippen LogP contribution is 2.30. The van der Waals surface area contributed by atoms with Crippen molar-refractivity contribution in [2.45, 2.75) is 6.10 Å². The fourth-order valence-corrected chi connectivity index (χ4v) is 1.91. The fraction of sp³-hybridized carbons (Fsp3) is 0.200. The second-order valence-corrected chi connectivity index (χ2v) is 4.25. The summed E-state index contributed by atoms with van der Waals surface area (Å²) < 4.78 is 36.6. The van der Waals surface area contributed by atoms with Crippen LogP contribution in [0.4, 0.5) is 8.78 Å². The lowest BCUT2D eigenvalue weighted by molar-refractivity contribution is 0.218. The van der Waals surface area contributed by atoms with Gasteiger partial charge in [-0.3, -0.25) is 0 Å². The van der Waals surface area contributed by atoms with Crippen LogP contribution >= 0.6 is 0 Å². The first-order chi connectivity index (χ1) is 9.53. The molecule has 5 heteroatoms. The van der Waals surface area contributed by atoms with E-state index in [-0.39, 0.29) is 5.56 Å². The van der Waals surface area contributed by atoms with Crippen molar-refractivity contribution in [1.82, 2.24) is 0 Å². The Labute approximate surface area is 115 Å². The van der Waals surface area contributed by atoms with Crippen molar-refractivity contribution >= 4 is 0 Å². The molecule has 0 aromatic heterocycles. The van der Waals surface area contributed by atoms with Crippen molar-refractivity contribution in [2.24, 2.45) is 0 Å². The molecule has 0 fully saturated rings. The normalized spacial score (nSPS) is 12.1. The maximum atomic E-state index is 13.2. The van der Waals surface area contributed by atoms with Crippen molar-refractivity contribution in [3.8, 4) is 11.5 Å². The smallest absolute Gasteiger partial charge is 0.126 e. The van der Waals surface area contributed by atoms with E-state index < -0.39 is 17.7 Å². The van der Waals surface area contributed by atoms with Gasteiger partial charge >= 0.3 is 0 Å². The Morgan fingerprint density at radius 2 is 1.25 bits per heavy atom. The highest BCUT2D eigenvalue weighted by Gasteiger charge is 2.15. The van der Waals surface area contributed by atoms with E-state index in [0.29, 0.717) is 17.1 Å². The van der Waals surface area contributed by atoms with Gasteiger partial charge in [-0.15, -0.1) is 0 Å². The number of ether oxygens (including phenoxy) is 2. The molecule has 1 N–H and O–H groups in total. The summed E-state index contributed by atoms with van der Waals surface area (Å²) in [6.07, 6.45) is -1.18. The van der Waals surface area contributed by atoms with Gasteiger partial charge in [0.05, 0.1) is 14.2 Å². The van der Waals surface area contributed by atoms with Gasteiger partial charge in [-0.25, -0.2) is 8.78 Å². The molecular weight excluding hydrogens is 266 g/mol. The van der Waals surface area contributed by atoms with Crippen molar-refractivity contribution in [3.05, 3.63) is 59.2 Å². The maximum Gasteiger partial charge on any atom is 0.126 e. The topological polar surface area (TPSA) is 38.7 Å². The predicted molar refractivity (Wildman–Crippen MR) is 70.0 cm³/mol. The Bertz CT molecular complexity index is 572. The monoisotopic (exact) mass is 280 g/mol. The molecule has 3 nitrogen and oxygen atoms in total. The van der Waals surface area contributed by atoms with E-state index >= 15 is 0 Å². The zero-order valence-electron chi connectivity index (χ0n) is 11.1. The molecule has 2 rings (SSSR count). The Morgan fingerprint density at radius 1 is 0.800 bits per heavy atom. The number of benzene rings is 2. The quantitative estimate of drug-likeness (QED) is 0.935. The van der Waals surface area contributed by atoms with Crippen LogP contribution in [0.3, 0.4) is 0 Å². The zero-order valence-corrected chi connectivity index (χ0v) is 11.1. The number of methoxy groups -OCH3 is 2. The molecule has 20 heavy (non-hydrogen) atoms. The van der Waals surface area contributed by atoms with Crippen LogP contribution in [0.15, 0.2) is 36.4 Å². The maximum absolute atomic E-state index is 13.2. The number of aliphatic hydroxyl groups excluding tert-OH is 1. The molecule has 0 aliphatic heterocycles. The minimum absolute atomic E-state index is 0.123.